The van der Waals surface area contributed by atoms with Gasteiger partial charge in [0.05, 0.1) is 6.54 Å². The van der Waals surface area contributed by atoms with E-state index in [0.29, 0.717) is 19.6 Å². The molecule has 1 amide bonds. The number of pyridine rings is 1. The lowest BCUT2D eigenvalue weighted by atomic mass is 10.1. The summed E-state index contributed by atoms with van der Waals surface area (Å²) in [6.45, 7) is 9.90. The van der Waals surface area contributed by atoms with Crippen molar-refractivity contribution in [2.75, 3.05) is 13.1 Å². The van der Waals surface area contributed by atoms with Gasteiger partial charge in [-0.15, -0.1) is 0 Å². The standard InChI is InChI=1S/C14H23N3O/c1-5-17(11-12-6-8-15-9-7-12)13(18)10-16-14(2,3)4/h6-9,16H,5,10-11H2,1-4H3. The Balaban J connectivity index is 2.53. The number of carbonyl (C=O) groups is 1. The second-order valence-electron chi connectivity index (χ2n) is 5.37. The minimum absolute atomic E-state index is 0.0360. The number of hydrogen-bond acceptors (Lipinski definition) is 3. The molecule has 0 radical (unpaired) electrons. The zero-order valence-corrected chi connectivity index (χ0v) is 11.7. The third-order valence-corrected chi connectivity index (χ3v) is 2.63. The molecule has 0 aromatic carbocycles. The van der Waals surface area contributed by atoms with E-state index in [-0.39, 0.29) is 11.4 Å². The maximum absolute atomic E-state index is 12.1. The second-order valence-corrected chi connectivity index (χ2v) is 5.37. The van der Waals surface area contributed by atoms with Gasteiger partial charge in [-0.2, -0.15) is 0 Å². The van der Waals surface area contributed by atoms with E-state index in [2.05, 4.69) is 31.1 Å². The molecule has 0 spiro atoms. The molecule has 1 N–H and O–H groups in total. The van der Waals surface area contributed by atoms with Crippen LogP contribution in [0.15, 0.2) is 24.5 Å². The van der Waals surface area contributed by atoms with Gasteiger partial charge in [-0.1, -0.05) is 0 Å². The lowest BCUT2D eigenvalue weighted by Gasteiger charge is -2.25. The summed E-state index contributed by atoms with van der Waals surface area (Å²) >= 11 is 0. The third kappa shape index (κ3) is 5.27. The fourth-order valence-electron chi connectivity index (χ4n) is 1.54. The lowest BCUT2D eigenvalue weighted by molar-refractivity contribution is -0.130. The number of nitrogens with zero attached hydrogens (tertiary/aromatic N) is 2. The highest BCUT2D eigenvalue weighted by Gasteiger charge is 2.15. The number of amides is 1. The van der Waals surface area contributed by atoms with Gasteiger partial charge in [0.2, 0.25) is 5.91 Å². The van der Waals surface area contributed by atoms with Gasteiger partial charge in [-0.05, 0) is 45.4 Å². The van der Waals surface area contributed by atoms with Gasteiger partial charge in [-0.25, -0.2) is 0 Å². The molecule has 1 aromatic rings. The van der Waals surface area contributed by atoms with Gasteiger partial charge < -0.3 is 10.2 Å². The molecule has 0 aliphatic rings. The summed E-state index contributed by atoms with van der Waals surface area (Å²) in [7, 11) is 0. The summed E-state index contributed by atoms with van der Waals surface area (Å²) < 4.78 is 0. The number of likely N-dealkylation sites (N-methyl/N-ethyl adjacent to an activating group) is 1. The molecule has 100 valence electrons. The summed E-state index contributed by atoms with van der Waals surface area (Å²) in [5.41, 5.74) is 1.07. The molecule has 0 atom stereocenters. The Morgan fingerprint density at radius 3 is 2.44 bits per heavy atom. The molecule has 1 heterocycles. The Labute approximate surface area is 109 Å². The van der Waals surface area contributed by atoms with Crippen LogP contribution in [0.1, 0.15) is 33.3 Å². The lowest BCUT2D eigenvalue weighted by Crippen LogP contribution is -2.44. The predicted molar refractivity (Wildman–Crippen MR) is 73.1 cm³/mol. The quantitative estimate of drug-likeness (QED) is 0.865. The summed E-state index contributed by atoms with van der Waals surface area (Å²) in [5.74, 6) is 0.129. The molecule has 0 aliphatic carbocycles. The maximum Gasteiger partial charge on any atom is 0.236 e. The van der Waals surface area contributed by atoms with E-state index in [1.807, 2.05) is 24.0 Å². The van der Waals surface area contributed by atoms with Gasteiger partial charge >= 0.3 is 0 Å². The maximum atomic E-state index is 12.1. The Bertz CT molecular complexity index is 370. The number of nitrogens with one attached hydrogen (secondary N) is 1. The summed E-state index contributed by atoms with van der Waals surface area (Å²) in [6, 6.07) is 3.88. The fourth-order valence-corrected chi connectivity index (χ4v) is 1.54. The molecule has 1 aromatic heterocycles. The first-order chi connectivity index (χ1) is 8.42. The third-order valence-electron chi connectivity index (χ3n) is 2.63. The van der Waals surface area contributed by atoms with Crippen LogP contribution >= 0.6 is 0 Å². The zero-order chi connectivity index (χ0) is 13.6. The van der Waals surface area contributed by atoms with E-state index in [9.17, 15) is 4.79 Å². The number of aromatic nitrogens is 1. The van der Waals surface area contributed by atoms with E-state index in [0.717, 1.165) is 5.56 Å². The van der Waals surface area contributed by atoms with Crippen molar-refractivity contribution in [3.05, 3.63) is 30.1 Å². The predicted octanol–water partition coefficient (Wildman–Crippen LogP) is 1.82. The van der Waals surface area contributed by atoms with Gasteiger partial charge in [0.25, 0.3) is 0 Å². The summed E-state index contributed by atoms with van der Waals surface area (Å²) in [4.78, 5) is 17.9. The van der Waals surface area contributed by atoms with Crippen LogP contribution in [-0.2, 0) is 11.3 Å². The SMILES string of the molecule is CCN(Cc1ccncc1)C(=O)CNC(C)(C)C. The van der Waals surface area contributed by atoms with E-state index < -0.39 is 0 Å². The number of rotatable bonds is 5. The molecule has 0 fully saturated rings. The summed E-state index contributed by atoms with van der Waals surface area (Å²) in [5, 5.41) is 3.22. The highest BCUT2D eigenvalue weighted by atomic mass is 16.2. The molecule has 0 bridgehead atoms. The Morgan fingerprint density at radius 2 is 1.94 bits per heavy atom. The van der Waals surface area contributed by atoms with Crippen molar-refractivity contribution in [3.8, 4) is 0 Å². The van der Waals surface area contributed by atoms with Crippen LogP contribution in [0.4, 0.5) is 0 Å². The van der Waals surface area contributed by atoms with Gasteiger partial charge in [0.15, 0.2) is 0 Å². The van der Waals surface area contributed by atoms with Crippen LogP contribution in [0.3, 0.4) is 0 Å². The van der Waals surface area contributed by atoms with Crippen molar-refractivity contribution in [2.24, 2.45) is 0 Å². The first kappa shape index (κ1) is 14.6. The van der Waals surface area contributed by atoms with Crippen molar-refractivity contribution in [1.29, 1.82) is 0 Å². The molecule has 0 aliphatic heterocycles. The average Bonchev–Trinajstić information content (AvgIpc) is 2.33. The van der Waals surface area contributed by atoms with Crippen molar-refractivity contribution in [1.82, 2.24) is 15.2 Å². The average molecular weight is 249 g/mol. The topological polar surface area (TPSA) is 45.2 Å². The van der Waals surface area contributed by atoms with Crippen molar-refractivity contribution >= 4 is 5.91 Å². The molecule has 18 heavy (non-hydrogen) atoms. The zero-order valence-electron chi connectivity index (χ0n) is 11.7. The van der Waals surface area contributed by atoms with Crippen LogP contribution in [0.2, 0.25) is 0 Å². The first-order valence-electron chi connectivity index (χ1n) is 6.34. The number of carbonyl (C=O) groups excluding carboxylic acids is 1. The monoisotopic (exact) mass is 249 g/mol. The highest BCUT2D eigenvalue weighted by molar-refractivity contribution is 5.78. The fraction of sp³-hybridized carbons (Fsp3) is 0.571. The van der Waals surface area contributed by atoms with Crippen LogP contribution in [0.25, 0.3) is 0 Å². The smallest absolute Gasteiger partial charge is 0.236 e. The first-order valence-corrected chi connectivity index (χ1v) is 6.34. The molecular formula is C14H23N3O. The highest BCUT2D eigenvalue weighted by Crippen LogP contribution is 2.04. The van der Waals surface area contributed by atoms with Crippen LogP contribution in [0.5, 0.6) is 0 Å². The molecule has 4 heteroatoms. The van der Waals surface area contributed by atoms with Gasteiger partial charge in [0, 0.05) is 31.0 Å². The van der Waals surface area contributed by atoms with Gasteiger partial charge in [0.1, 0.15) is 0 Å². The van der Waals surface area contributed by atoms with Crippen molar-refractivity contribution in [3.63, 3.8) is 0 Å². The van der Waals surface area contributed by atoms with E-state index in [1.54, 1.807) is 12.4 Å². The normalized spacial score (nSPS) is 11.3. The molecule has 4 nitrogen and oxygen atoms in total. The molecular weight excluding hydrogens is 226 g/mol. The molecule has 0 saturated carbocycles. The minimum atomic E-state index is -0.0360. The Hall–Kier alpha value is -1.42. The van der Waals surface area contributed by atoms with E-state index in [1.165, 1.54) is 0 Å². The Morgan fingerprint density at radius 1 is 1.33 bits per heavy atom. The van der Waals surface area contributed by atoms with Crippen molar-refractivity contribution < 1.29 is 4.79 Å². The second kappa shape index (κ2) is 6.50. The van der Waals surface area contributed by atoms with E-state index in [4.69, 9.17) is 0 Å². The van der Waals surface area contributed by atoms with Crippen LogP contribution in [0, 0.1) is 0 Å². The molecule has 1 rings (SSSR count). The number of hydrogen-bond donors (Lipinski definition) is 1. The van der Waals surface area contributed by atoms with Gasteiger partial charge in [-0.3, -0.25) is 9.78 Å². The largest absolute Gasteiger partial charge is 0.338 e. The van der Waals surface area contributed by atoms with Crippen LogP contribution in [-0.4, -0.2) is 34.4 Å². The van der Waals surface area contributed by atoms with Crippen molar-refractivity contribution in [2.45, 2.75) is 39.8 Å². The van der Waals surface area contributed by atoms with E-state index >= 15 is 0 Å². The molecule has 0 unspecified atom stereocenters. The molecule has 0 saturated heterocycles. The minimum Gasteiger partial charge on any atom is -0.338 e. The van der Waals surface area contributed by atoms with Crippen LogP contribution < -0.4 is 5.32 Å². The summed E-state index contributed by atoms with van der Waals surface area (Å²) in [6.07, 6.45) is 3.50. The Kier molecular flexibility index (Phi) is 5.28.